The summed E-state index contributed by atoms with van der Waals surface area (Å²) in [6.07, 6.45) is 0. The van der Waals surface area contributed by atoms with Gasteiger partial charge in [0.15, 0.2) is 0 Å². The lowest BCUT2D eigenvalue weighted by Gasteiger charge is -2.32. The Morgan fingerprint density at radius 1 is 1.24 bits per heavy atom. The number of rotatable bonds is 5. The monoisotopic (exact) mass is 352 g/mol. The van der Waals surface area contributed by atoms with E-state index in [1.165, 1.54) is 18.2 Å². The molecule has 1 aromatic carbocycles. The van der Waals surface area contributed by atoms with Crippen LogP contribution < -0.4 is 4.74 Å². The third-order valence-electron chi connectivity index (χ3n) is 3.45. The van der Waals surface area contributed by atoms with Gasteiger partial charge in [0.1, 0.15) is 12.4 Å². The van der Waals surface area contributed by atoms with Gasteiger partial charge in [0.25, 0.3) is 9.05 Å². The zero-order valence-corrected chi connectivity index (χ0v) is 14.1. The molecular weight excluding hydrogens is 335 g/mol. The van der Waals surface area contributed by atoms with Crippen molar-refractivity contribution in [1.82, 2.24) is 9.80 Å². The maximum atomic E-state index is 11.2. The Balaban J connectivity index is 1.86. The van der Waals surface area contributed by atoms with Crippen LogP contribution in [-0.4, -0.2) is 64.6 Å². The van der Waals surface area contributed by atoms with Crippen molar-refractivity contribution in [3.05, 3.63) is 23.2 Å². The zero-order valence-electron chi connectivity index (χ0n) is 11.8. The second-order valence-corrected chi connectivity index (χ2v) is 8.00. The molecule has 1 heterocycles. The van der Waals surface area contributed by atoms with E-state index < -0.39 is 9.05 Å². The Kier molecular flexibility index (Phi) is 5.73. The smallest absolute Gasteiger partial charge is 0.261 e. The molecule has 0 unspecified atom stereocenters. The lowest BCUT2D eigenvalue weighted by atomic mass is 10.3. The van der Waals surface area contributed by atoms with Crippen LogP contribution in [-0.2, 0) is 9.05 Å². The van der Waals surface area contributed by atoms with Gasteiger partial charge in [0, 0.05) is 43.4 Å². The second-order valence-electron chi connectivity index (χ2n) is 5.02. The van der Waals surface area contributed by atoms with Crippen LogP contribution >= 0.6 is 22.3 Å². The summed E-state index contributed by atoms with van der Waals surface area (Å²) >= 11 is 6.01. The average Bonchev–Trinajstić information content (AvgIpc) is 2.41. The number of ether oxygens (including phenoxy) is 1. The van der Waals surface area contributed by atoms with Crippen LogP contribution in [0, 0.1) is 0 Å². The molecular formula is C13H18Cl2N2O3S. The van der Waals surface area contributed by atoms with Crippen LogP contribution in [0.2, 0.25) is 5.02 Å². The Morgan fingerprint density at radius 3 is 2.48 bits per heavy atom. The van der Waals surface area contributed by atoms with Gasteiger partial charge in [-0.3, -0.25) is 4.90 Å². The quantitative estimate of drug-likeness (QED) is 0.757. The molecule has 0 spiro atoms. The van der Waals surface area contributed by atoms with Gasteiger partial charge >= 0.3 is 0 Å². The van der Waals surface area contributed by atoms with Crippen LogP contribution in [0.4, 0.5) is 0 Å². The molecule has 1 aliphatic heterocycles. The number of benzene rings is 1. The molecule has 0 N–H and O–H groups in total. The van der Waals surface area contributed by atoms with Crippen molar-refractivity contribution in [3.63, 3.8) is 0 Å². The SMILES string of the molecule is CN1CCN(CCOc2ccc(S(=O)(=O)Cl)cc2Cl)CC1. The highest BCUT2D eigenvalue weighted by Crippen LogP contribution is 2.28. The fourth-order valence-electron chi connectivity index (χ4n) is 2.11. The fraction of sp³-hybridized carbons (Fsp3) is 0.538. The first kappa shape index (κ1) is 16.8. The van der Waals surface area contributed by atoms with Gasteiger partial charge < -0.3 is 9.64 Å². The molecule has 0 atom stereocenters. The average molecular weight is 353 g/mol. The minimum atomic E-state index is -3.77. The van der Waals surface area contributed by atoms with Gasteiger partial charge in [0.2, 0.25) is 0 Å². The number of hydrogen-bond donors (Lipinski definition) is 0. The van der Waals surface area contributed by atoms with E-state index in [1.807, 2.05) is 0 Å². The van der Waals surface area contributed by atoms with Crippen molar-refractivity contribution in [2.75, 3.05) is 46.4 Å². The van der Waals surface area contributed by atoms with Crippen LogP contribution in [0.15, 0.2) is 23.1 Å². The number of nitrogens with zero attached hydrogens (tertiary/aromatic N) is 2. The molecule has 0 saturated carbocycles. The van der Waals surface area contributed by atoms with Crippen LogP contribution in [0.1, 0.15) is 0 Å². The van der Waals surface area contributed by atoms with E-state index in [-0.39, 0.29) is 9.92 Å². The van der Waals surface area contributed by atoms with Crippen LogP contribution in [0.5, 0.6) is 5.75 Å². The summed E-state index contributed by atoms with van der Waals surface area (Å²) in [5.74, 6) is 0.467. The lowest BCUT2D eigenvalue weighted by Crippen LogP contribution is -2.45. The van der Waals surface area contributed by atoms with Crippen LogP contribution in [0.3, 0.4) is 0 Å². The Hall–Kier alpha value is -0.530. The summed E-state index contributed by atoms with van der Waals surface area (Å²) in [4.78, 5) is 4.59. The minimum absolute atomic E-state index is 0.0272. The summed E-state index contributed by atoms with van der Waals surface area (Å²) in [7, 11) is 3.61. The van der Waals surface area contributed by atoms with Gasteiger partial charge in [-0.05, 0) is 25.2 Å². The van der Waals surface area contributed by atoms with E-state index in [9.17, 15) is 8.42 Å². The van der Waals surface area contributed by atoms with E-state index >= 15 is 0 Å². The third kappa shape index (κ3) is 5.00. The first-order valence-corrected chi connectivity index (χ1v) is 9.33. The normalized spacial score (nSPS) is 17.9. The molecule has 0 radical (unpaired) electrons. The number of halogens is 2. The standard InChI is InChI=1S/C13H18Cl2N2O3S/c1-16-4-6-17(7-5-16)8-9-20-13-3-2-11(10-12(13)14)21(15,18)19/h2-3,10H,4-9H2,1H3. The molecule has 0 amide bonds. The summed E-state index contributed by atoms with van der Waals surface area (Å²) in [5, 5.41) is 0.245. The first-order chi connectivity index (χ1) is 9.86. The Morgan fingerprint density at radius 2 is 1.90 bits per heavy atom. The summed E-state index contributed by atoms with van der Waals surface area (Å²) in [6, 6.07) is 4.22. The van der Waals surface area contributed by atoms with Gasteiger partial charge in [-0.1, -0.05) is 11.6 Å². The van der Waals surface area contributed by atoms with Crippen molar-refractivity contribution in [2.45, 2.75) is 4.90 Å². The molecule has 1 saturated heterocycles. The molecule has 1 aromatic rings. The van der Waals surface area contributed by atoms with E-state index in [0.717, 1.165) is 32.7 Å². The fourth-order valence-corrected chi connectivity index (χ4v) is 3.18. The van der Waals surface area contributed by atoms with Gasteiger partial charge in [-0.15, -0.1) is 0 Å². The topological polar surface area (TPSA) is 49.9 Å². The van der Waals surface area contributed by atoms with Crippen molar-refractivity contribution < 1.29 is 13.2 Å². The second kappa shape index (κ2) is 7.15. The first-order valence-electron chi connectivity index (χ1n) is 6.64. The van der Waals surface area contributed by atoms with Gasteiger partial charge in [0.05, 0.1) is 9.92 Å². The van der Waals surface area contributed by atoms with Crippen molar-refractivity contribution in [3.8, 4) is 5.75 Å². The van der Waals surface area contributed by atoms with Gasteiger partial charge in [-0.2, -0.15) is 0 Å². The van der Waals surface area contributed by atoms with E-state index in [4.69, 9.17) is 27.0 Å². The highest BCUT2D eigenvalue weighted by Gasteiger charge is 2.15. The van der Waals surface area contributed by atoms with Crippen molar-refractivity contribution >= 4 is 31.3 Å². The maximum absolute atomic E-state index is 11.2. The van der Waals surface area contributed by atoms with E-state index in [1.54, 1.807) is 0 Å². The molecule has 0 aliphatic carbocycles. The highest BCUT2D eigenvalue weighted by molar-refractivity contribution is 8.13. The van der Waals surface area contributed by atoms with Gasteiger partial charge in [-0.25, -0.2) is 8.42 Å². The van der Waals surface area contributed by atoms with Crippen LogP contribution in [0.25, 0.3) is 0 Å². The molecule has 0 bridgehead atoms. The number of hydrogen-bond acceptors (Lipinski definition) is 5. The zero-order chi connectivity index (χ0) is 15.5. The van der Waals surface area contributed by atoms with Crippen molar-refractivity contribution in [2.24, 2.45) is 0 Å². The maximum Gasteiger partial charge on any atom is 0.261 e. The molecule has 21 heavy (non-hydrogen) atoms. The number of piperazine rings is 1. The van der Waals surface area contributed by atoms with E-state index in [2.05, 4.69) is 16.8 Å². The predicted octanol–water partition coefficient (Wildman–Crippen LogP) is 1.89. The van der Waals surface area contributed by atoms with E-state index in [0.29, 0.717) is 12.4 Å². The summed E-state index contributed by atoms with van der Waals surface area (Å²) in [6.45, 7) is 5.50. The molecule has 5 nitrogen and oxygen atoms in total. The molecule has 8 heteroatoms. The minimum Gasteiger partial charge on any atom is -0.491 e. The third-order valence-corrected chi connectivity index (χ3v) is 5.09. The molecule has 0 aromatic heterocycles. The molecule has 2 rings (SSSR count). The Bertz CT molecular complexity index is 587. The molecule has 1 fully saturated rings. The summed E-state index contributed by atoms with van der Waals surface area (Å²) < 4.78 is 28.0. The highest BCUT2D eigenvalue weighted by atomic mass is 35.7. The summed E-state index contributed by atoms with van der Waals surface area (Å²) in [5.41, 5.74) is 0. The van der Waals surface area contributed by atoms with Crippen molar-refractivity contribution in [1.29, 1.82) is 0 Å². The Labute approximate surface area is 134 Å². The number of likely N-dealkylation sites (N-methyl/N-ethyl adjacent to an activating group) is 1. The molecule has 1 aliphatic rings. The largest absolute Gasteiger partial charge is 0.491 e. The molecule has 118 valence electrons. The predicted molar refractivity (Wildman–Crippen MR) is 83.9 cm³/mol. The lowest BCUT2D eigenvalue weighted by molar-refractivity contribution is 0.134.